The zero-order chi connectivity index (χ0) is 14.5. The number of halogens is 2. The number of anilines is 2. The van der Waals surface area contributed by atoms with Crippen molar-refractivity contribution in [2.24, 2.45) is 0 Å². The molecule has 2 aromatic rings. The molecule has 0 saturated carbocycles. The molecule has 2 rings (SSSR count). The van der Waals surface area contributed by atoms with E-state index in [1.165, 1.54) is 11.8 Å². The summed E-state index contributed by atoms with van der Waals surface area (Å²) in [5, 5.41) is 2.33. The lowest BCUT2D eigenvalue weighted by Gasteiger charge is -2.07. The van der Waals surface area contributed by atoms with Crippen LogP contribution in [-0.2, 0) is 4.79 Å². The number of thioether (sulfide) groups is 1. The zero-order valence-corrected chi connectivity index (χ0v) is 11.2. The normalized spacial score (nSPS) is 10.3. The van der Waals surface area contributed by atoms with E-state index < -0.39 is 17.5 Å². The highest BCUT2D eigenvalue weighted by atomic mass is 32.2. The summed E-state index contributed by atoms with van der Waals surface area (Å²) in [6.45, 7) is 0. The van der Waals surface area contributed by atoms with Crippen LogP contribution in [0.5, 0.6) is 0 Å². The summed E-state index contributed by atoms with van der Waals surface area (Å²) in [7, 11) is 0. The number of nitrogens with two attached hydrogens (primary N) is 1. The maximum atomic E-state index is 13.3. The predicted octanol–water partition coefficient (Wildman–Crippen LogP) is 3.28. The summed E-state index contributed by atoms with van der Waals surface area (Å²) in [5.41, 5.74) is 6.14. The van der Waals surface area contributed by atoms with Gasteiger partial charge in [-0.1, -0.05) is 12.1 Å². The van der Waals surface area contributed by atoms with E-state index in [2.05, 4.69) is 5.32 Å². The van der Waals surface area contributed by atoms with E-state index in [1.807, 2.05) is 6.07 Å². The van der Waals surface area contributed by atoms with Crippen molar-refractivity contribution in [3.05, 3.63) is 54.1 Å². The van der Waals surface area contributed by atoms with E-state index in [0.717, 1.165) is 23.1 Å². The van der Waals surface area contributed by atoms with E-state index in [9.17, 15) is 13.6 Å². The number of benzene rings is 2. The first kappa shape index (κ1) is 14.3. The van der Waals surface area contributed by atoms with Crippen molar-refractivity contribution < 1.29 is 13.6 Å². The smallest absolute Gasteiger partial charge is 0.234 e. The largest absolute Gasteiger partial charge is 0.398 e. The maximum Gasteiger partial charge on any atom is 0.234 e. The predicted molar refractivity (Wildman–Crippen MR) is 76.6 cm³/mol. The number of carbonyl (C=O) groups excluding carboxylic acids is 1. The van der Waals surface area contributed by atoms with Gasteiger partial charge in [0.05, 0.1) is 11.4 Å². The molecule has 2 aromatic carbocycles. The molecule has 0 radical (unpaired) electrons. The Morgan fingerprint density at radius 2 is 1.95 bits per heavy atom. The van der Waals surface area contributed by atoms with E-state index >= 15 is 0 Å². The quantitative estimate of drug-likeness (QED) is 0.672. The second kappa shape index (κ2) is 6.38. The van der Waals surface area contributed by atoms with Gasteiger partial charge >= 0.3 is 0 Å². The van der Waals surface area contributed by atoms with E-state index in [1.54, 1.807) is 18.2 Å². The van der Waals surface area contributed by atoms with Gasteiger partial charge in [0.15, 0.2) is 0 Å². The Hall–Kier alpha value is -2.08. The van der Waals surface area contributed by atoms with Crippen LogP contribution in [0.2, 0.25) is 0 Å². The molecule has 3 nitrogen and oxygen atoms in total. The number of hydrogen-bond donors (Lipinski definition) is 2. The molecule has 0 fully saturated rings. The second-order valence-electron chi connectivity index (χ2n) is 4.00. The molecule has 104 valence electrons. The topological polar surface area (TPSA) is 55.1 Å². The molecular formula is C14H12F2N2OS. The molecule has 3 N–H and O–H groups in total. The molecule has 0 spiro atoms. The highest BCUT2D eigenvalue weighted by Crippen LogP contribution is 2.24. The Labute approximate surface area is 119 Å². The van der Waals surface area contributed by atoms with Gasteiger partial charge in [-0.25, -0.2) is 8.78 Å². The number of rotatable bonds is 4. The maximum absolute atomic E-state index is 13.3. The van der Waals surface area contributed by atoms with Crippen LogP contribution in [0, 0.1) is 11.6 Å². The average molecular weight is 294 g/mol. The van der Waals surface area contributed by atoms with Gasteiger partial charge < -0.3 is 11.1 Å². The number of hydrogen-bond acceptors (Lipinski definition) is 3. The van der Waals surface area contributed by atoms with Gasteiger partial charge in [-0.3, -0.25) is 4.79 Å². The molecule has 0 bridgehead atoms. The standard InChI is InChI=1S/C14H12F2N2OS/c15-9-5-6-10(16)12(7-9)18-14(19)8-20-13-4-2-1-3-11(13)17/h1-7H,8,17H2,(H,18,19). The van der Waals surface area contributed by atoms with Crippen molar-refractivity contribution in [2.45, 2.75) is 4.90 Å². The van der Waals surface area contributed by atoms with Gasteiger partial charge in [0, 0.05) is 16.6 Å². The van der Waals surface area contributed by atoms with Crippen molar-refractivity contribution >= 4 is 29.0 Å². The molecule has 20 heavy (non-hydrogen) atoms. The number of amides is 1. The van der Waals surface area contributed by atoms with Gasteiger partial charge in [0.1, 0.15) is 11.6 Å². The van der Waals surface area contributed by atoms with Crippen LogP contribution < -0.4 is 11.1 Å². The highest BCUT2D eigenvalue weighted by Gasteiger charge is 2.09. The molecule has 0 atom stereocenters. The molecule has 0 aliphatic carbocycles. The molecular weight excluding hydrogens is 282 g/mol. The lowest BCUT2D eigenvalue weighted by atomic mass is 10.3. The third kappa shape index (κ3) is 3.71. The summed E-state index contributed by atoms with van der Waals surface area (Å²) in [6, 6.07) is 10.0. The van der Waals surface area contributed by atoms with Gasteiger partial charge in [0.2, 0.25) is 5.91 Å². The van der Waals surface area contributed by atoms with Gasteiger partial charge in [0.25, 0.3) is 0 Å². The van der Waals surface area contributed by atoms with Gasteiger partial charge in [-0.05, 0) is 24.3 Å². The third-order valence-electron chi connectivity index (χ3n) is 2.48. The zero-order valence-electron chi connectivity index (χ0n) is 10.4. The van der Waals surface area contributed by atoms with Gasteiger partial charge in [-0.15, -0.1) is 11.8 Å². The first-order valence-electron chi connectivity index (χ1n) is 5.78. The SMILES string of the molecule is Nc1ccccc1SCC(=O)Nc1cc(F)ccc1F. The first-order valence-corrected chi connectivity index (χ1v) is 6.77. The number of para-hydroxylation sites is 1. The van der Waals surface area contributed by atoms with Crippen LogP contribution in [0.25, 0.3) is 0 Å². The van der Waals surface area contributed by atoms with E-state index in [-0.39, 0.29) is 11.4 Å². The van der Waals surface area contributed by atoms with E-state index in [4.69, 9.17) is 5.73 Å². The lowest BCUT2D eigenvalue weighted by Crippen LogP contribution is -2.15. The number of carbonyl (C=O) groups is 1. The minimum Gasteiger partial charge on any atom is -0.398 e. The van der Waals surface area contributed by atoms with Crippen molar-refractivity contribution in [3.63, 3.8) is 0 Å². The molecule has 0 heterocycles. The Morgan fingerprint density at radius 3 is 2.70 bits per heavy atom. The highest BCUT2D eigenvalue weighted by molar-refractivity contribution is 8.00. The minimum atomic E-state index is -0.677. The Morgan fingerprint density at radius 1 is 1.20 bits per heavy atom. The van der Waals surface area contributed by atoms with Crippen molar-refractivity contribution in [2.75, 3.05) is 16.8 Å². The van der Waals surface area contributed by atoms with Gasteiger partial charge in [-0.2, -0.15) is 0 Å². The fourth-order valence-electron chi connectivity index (χ4n) is 1.53. The molecule has 0 unspecified atom stereocenters. The third-order valence-corrected chi connectivity index (χ3v) is 3.57. The van der Waals surface area contributed by atoms with Crippen LogP contribution in [0.15, 0.2) is 47.4 Å². The van der Waals surface area contributed by atoms with Crippen LogP contribution in [0.3, 0.4) is 0 Å². The molecule has 0 aliphatic heterocycles. The second-order valence-corrected chi connectivity index (χ2v) is 5.02. The Kier molecular flexibility index (Phi) is 4.57. The van der Waals surface area contributed by atoms with Crippen LogP contribution in [0.4, 0.5) is 20.2 Å². The fraction of sp³-hybridized carbons (Fsp3) is 0.0714. The average Bonchev–Trinajstić information content (AvgIpc) is 2.42. The minimum absolute atomic E-state index is 0.0597. The first-order chi connectivity index (χ1) is 9.56. The van der Waals surface area contributed by atoms with Crippen molar-refractivity contribution in [3.8, 4) is 0 Å². The van der Waals surface area contributed by atoms with Crippen molar-refractivity contribution in [1.82, 2.24) is 0 Å². The Bertz CT molecular complexity index is 634. The van der Waals surface area contributed by atoms with E-state index in [0.29, 0.717) is 5.69 Å². The Balaban J connectivity index is 1.96. The fourth-order valence-corrected chi connectivity index (χ4v) is 2.30. The molecule has 0 saturated heterocycles. The summed E-state index contributed by atoms with van der Waals surface area (Å²) < 4.78 is 26.3. The number of nitrogen functional groups attached to an aromatic ring is 1. The van der Waals surface area contributed by atoms with Crippen molar-refractivity contribution in [1.29, 1.82) is 0 Å². The lowest BCUT2D eigenvalue weighted by molar-refractivity contribution is -0.113. The van der Waals surface area contributed by atoms with Crippen LogP contribution in [-0.4, -0.2) is 11.7 Å². The van der Waals surface area contributed by atoms with Crippen LogP contribution >= 0.6 is 11.8 Å². The summed E-state index contributed by atoms with van der Waals surface area (Å²) >= 11 is 1.23. The monoisotopic (exact) mass is 294 g/mol. The molecule has 6 heteroatoms. The summed E-state index contributed by atoms with van der Waals surface area (Å²) in [6.07, 6.45) is 0. The molecule has 0 aliphatic rings. The summed E-state index contributed by atoms with van der Waals surface area (Å²) in [5.74, 6) is -1.65. The van der Waals surface area contributed by atoms with Crippen LogP contribution in [0.1, 0.15) is 0 Å². The molecule has 0 aromatic heterocycles. The summed E-state index contributed by atoms with van der Waals surface area (Å²) in [4.78, 5) is 12.5. The molecule has 1 amide bonds. The number of nitrogens with one attached hydrogen (secondary N) is 1.